The van der Waals surface area contributed by atoms with E-state index >= 15 is 0 Å². The maximum absolute atomic E-state index is 11.9. The molecule has 1 saturated heterocycles. The number of nitrogens with two attached hydrogens (primary N) is 1. The Hall–Kier alpha value is -2.83. The number of hydrogen-bond donors (Lipinski definition) is 2. The van der Waals surface area contributed by atoms with Gasteiger partial charge < -0.3 is 15.8 Å². The molecule has 1 aliphatic heterocycles. The average Bonchev–Trinajstić information content (AvgIpc) is 3.29. The third-order valence-electron chi connectivity index (χ3n) is 4.13. The first-order valence-corrected chi connectivity index (χ1v) is 7.56. The zero-order valence-corrected chi connectivity index (χ0v) is 12.4. The van der Waals surface area contributed by atoms with Gasteiger partial charge in [-0.2, -0.15) is 0 Å². The summed E-state index contributed by atoms with van der Waals surface area (Å²) in [6.45, 7) is 0.871. The van der Waals surface area contributed by atoms with Crippen molar-refractivity contribution in [3.05, 3.63) is 24.4 Å². The van der Waals surface area contributed by atoms with E-state index in [9.17, 15) is 9.59 Å². The van der Waals surface area contributed by atoms with Crippen LogP contribution >= 0.6 is 0 Å². The monoisotopic (exact) mass is 312 g/mol. The summed E-state index contributed by atoms with van der Waals surface area (Å²) in [5.41, 5.74) is 7.29. The van der Waals surface area contributed by atoms with E-state index in [2.05, 4.69) is 10.3 Å². The Balaban J connectivity index is 1.70. The number of nitrogens with zero attached hydrogens (tertiary/aromatic N) is 2. The van der Waals surface area contributed by atoms with Gasteiger partial charge in [0.25, 0.3) is 0 Å². The molecule has 2 aromatic rings. The Labute approximate surface area is 132 Å². The van der Waals surface area contributed by atoms with Gasteiger partial charge in [-0.1, -0.05) is 0 Å². The summed E-state index contributed by atoms with van der Waals surface area (Å²) < 4.78 is 4.96. The Kier molecular flexibility index (Phi) is 3.07. The number of pyridine rings is 1. The van der Waals surface area contributed by atoms with Crippen LogP contribution in [0.25, 0.3) is 10.8 Å². The van der Waals surface area contributed by atoms with Gasteiger partial charge in [-0.05, 0) is 36.4 Å². The molecule has 0 atom stereocenters. The Bertz CT molecular complexity index is 816. The van der Waals surface area contributed by atoms with E-state index in [0.717, 1.165) is 23.6 Å². The molecule has 1 saturated carbocycles. The second-order valence-electron chi connectivity index (χ2n) is 5.86. The van der Waals surface area contributed by atoms with Gasteiger partial charge in [0.2, 0.25) is 5.91 Å². The summed E-state index contributed by atoms with van der Waals surface area (Å²) in [6.07, 6.45) is 3.14. The third-order valence-corrected chi connectivity index (χ3v) is 4.13. The molecule has 0 radical (unpaired) electrons. The van der Waals surface area contributed by atoms with Crippen LogP contribution in [-0.4, -0.2) is 30.1 Å². The first-order chi connectivity index (χ1) is 11.1. The highest BCUT2D eigenvalue weighted by Crippen LogP contribution is 2.32. The lowest BCUT2D eigenvalue weighted by molar-refractivity contribution is -0.117. The molecule has 7 heteroatoms. The van der Waals surface area contributed by atoms with Crippen LogP contribution in [0.2, 0.25) is 0 Å². The number of amides is 2. The molecule has 0 bridgehead atoms. The third kappa shape index (κ3) is 2.54. The highest BCUT2D eigenvalue weighted by molar-refractivity contribution is 6.01. The molecule has 2 amide bonds. The van der Waals surface area contributed by atoms with Crippen LogP contribution in [-0.2, 0) is 9.53 Å². The summed E-state index contributed by atoms with van der Waals surface area (Å²) in [6, 6.07) is 5.36. The van der Waals surface area contributed by atoms with Gasteiger partial charge in [-0.15, -0.1) is 0 Å². The number of carbonyl (C=O) groups is 2. The molecule has 0 unspecified atom stereocenters. The van der Waals surface area contributed by atoms with Gasteiger partial charge in [-0.25, -0.2) is 9.78 Å². The summed E-state index contributed by atoms with van der Waals surface area (Å²) in [5.74, 6) is 0.613. The number of nitrogen functional groups attached to an aromatic ring is 1. The maximum atomic E-state index is 11.9. The van der Waals surface area contributed by atoms with Gasteiger partial charge in [0.15, 0.2) is 0 Å². The molecular formula is C16H16N4O3. The Morgan fingerprint density at radius 3 is 2.87 bits per heavy atom. The molecule has 23 heavy (non-hydrogen) atoms. The van der Waals surface area contributed by atoms with Crippen molar-refractivity contribution in [1.82, 2.24) is 4.98 Å². The van der Waals surface area contributed by atoms with Crippen molar-refractivity contribution in [2.45, 2.75) is 12.8 Å². The fraction of sp³-hybridized carbons (Fsp3) is 0.312. The SMILES string of the molecule is Nc1cc(N2CCOC2=O)cc2cc(NC(=O)C3CC3)ncc12. The van der Waals surface area contributed by atoms with Crippen LogP contribution in [0.15, 0.2) is 24.4 Å². The Morgan fingerprint density at radius 2 is 2.17 bits per heavy atom. The lowest BCUT2D eigenvalue weighted by Crippen LogP contribution is -2.23. The smallest absolute Gasteiger partial charge is 0.414 e. The van der Waals surface area contributed by atoms with Gasteiger partial charge in [0.1, 0.15) is 12.4 Å². The second-order valence-corrected chi connectivity index (χ2v) is 5.86. The zero-order chi connectivity index (χ0) is 16.0. The van der Waals surface area contributed by atoms with Gasteiger partial charge >= 0.3 is 6.09 Å². The molecule has 2 heterocycles. The number of nitrogens with one attached hydrogen (secondary N) is 1. The normalized spacial score (nSPS) is 17.4. The summed E-state index contributed by atoms with van der Waals surface area (Å²) in [7, 11) is 0. The predicted molar refractivity (Wildman–Crippen MR) is 86.2 cm³/mol. The van der Waals surface area contributed by atoms with Crippen molar-refractivity contribution in [3.8, 4) is 0 Å². The van der Waals surface area contributed by atoms with Crippen molar-refractivity contribution in [2.24, 2.45) is 5.92 Å². The van der Waals surface area contributed by atoms with Gasteiger partial charge in [0, 0.05) is 28.9 Å². The van der Waals surface area contributed by atoms with E-state index in [1.165, 1.54) is 0 Å². The topological polar surface area (TPSA) is 97.5 Å². The first kappa shape index (κ1) is 13.8. The van der Waals surface area contributed by atoms with Crippen molar-refractivity contribution < 1.29 is 14.3 Å². The molecule has 1 aromatic carbocycles. The number of rotatable bonds is 3. The van der Waals surface area contributed by atoms with Crippen molar-refractivity contribution in [2.75, 3.05) is 29.1 Å². The largest absolute Gasteiger partial charge is 0.447 e. The standard InChI is InChI=1S/C16H16N4O3/c17-13-7-11(20-3-4-23-16(20)22)5-10-6-14(18-8-12(10)13)19-15(21)9-1-2-9/h5-9H,1-4,17H2,(H,18,19,21). The Morgan fingerprint density at radius 1 is 1.35 bits per heavy atom. The fourth-order valence-electron chi connectivity index (χ4n) is 2.70. The van der Waals surface area contributed by atoms with Crippen LogP contribution in [0.1, 0.15) is 12.8 Å². The predicted octanol–water partition coefficient (Wildman–Crippen LogP) is 2.12. The minimum Gasteiger partial charge on any atom is -0.447 e. The van der Waals surface area contributed by atoms with Crippen LogP contribution in [0.3, 0.4) is 0 Å². The summed E-state index contributed by atoms with van der Waals surface area (Å²) in [5, 5.41) is 4.42. The van der Waals surface area contributed by atoms with E-state index in [-0.39, 0.29) is 17.9 Å². The van der Waals surface area contributed by atoms with Crippen molar-refractivity contribution >= 4 is 40.0 Å². The molecule has 118 valence electrons. The highest BCUT2D eigenvalue weighted by Gasteiger charge is 2.30. The van der Waals surface area contributed by atoms with Crippen molar-refractivity contribution in [3.63, 3.8) is 0 Å². The lowest BCUT2D eigenvalue weighted by atomic mass is 10.1. The van der Waals surface area contributed by atoms with E-state index in [1.54, 1.807) is 23.2 Å². The minimum absolute atomic E-state index is 0.00379. The van der Waals surface area contributed by atoms with E-state index in [0.29, 0.717) is 30.3 Å². The zero-order valence-electron chi connectivity index (χ0n) is 12.4. The molecular weight excluding hydrogens is 296 g/mol. The number of cyclic esters (lactones) is 1. The molecule has 2 fully saturated rings. The number of aromatic nitrogens is 1. The lowest BCUT2D eigenvalue weighted by Gasteiger charge is -2.15. The quantitative estimate of drug-likeness (QED) is 0.846. The number of fused-ring (bicyclic) bond motifs is 1. The number of anilines is 3. The number of ether oxygens (including phenoxy) is 1. The average molecular weight is 312 g/mol. The molecule has 2 aliphatic rings. The molecule has 1 aromatic heterocycles. The van der Waals surface area contributed by atoms with E-state index < -0.39 is 0 Å². The molecule has 4 rings (SSSR count). The van der Waals surface area contributed by atoms with Crippen LogP contribution in [0.5, 0.6) is 0 Å². The van der Waals surface area contributed by atoms with Crippen molar-refractivity contribution in [1.29, 1.82) is 0 Å². The highest BCUT2D eigenvalue weighted by atomic mass is 16.6. The molecule has 1 aliphatic carbocycles. The molecule has 0 spiro atoms. The summed E-state index contributed by atoms with van der Waals surface area (Å²) >= 11 is 0. The molecule has 3 N–H and O–H groups in total. The molecule has 7 nitrogen and oxygen atoms in total. The number of hydrogen-bond acceptors (Lipinski definition) is 5. The van der Waals surface area contributed by atoms with Gasteiger partial charge in [0.05, 0.1) is 6.54 Å². The van der Waals surface area contributed by atoms with Crippen LogP contribution in [0, 0.1) is 5.92 Å². The number of benzene rings is 1. The first-order valence-electron chi connectivity index (χ1n) is 7.56. The number of carbonyl (C=O) groups excluding carboxylic acids is 2. The second kappa shape index (κ2) is 5.12. The van der Waals surface area contributed by atoms with Crippen LogP contribution < -0.4 is 16.0 Å². The van der Waals surface area contributed by atoms with Crippen LogP contribution in [0.4, 0.5) is 22.0 Å². The van der Waals surface area contributed by atoms with Gasteiger partial charge in [-0.3, -0.25) is 9.69 Å². The maximum Gasteiger partial charge on any atom is 0.414 e. The minimum atomic E-state index is -0.375. The van der Waals surface area contributed by atoms with E-state index in [4.69, 9.17) is 10.5 Å². The summed E-state index contributed by atoms with van der Waals surface area (Å²) in [4.78, 5) is 29.3. The van der Waals surface area contributed by atoms with E-state index in [1.807, 2.05) is 6.07 Å². The fourth-order valence-corrected chi connectivity index (χ4v) is 2.70.